The highest BCUT2D eigenvalue weighted by Crippen LogP contribution is 2.20. The molecular weight excluding hydrogens is 211 g/mol. The highest BCUT2D eigenvalue weighted by Gasteiger charge is 2.03. The summed E-state index contributed by atoms with van der Waals surface area (Å²) in [5.41, 5.74) is 0.345. The van der Waals surface area contributed by atoms with E-state index in [9.17, 15) is 4.39 Å². The SMILES string of the molecule is C#Cc1c(F)ccc2ccccc12.CC(C)C. The van der Waals surface area contributed by atoms with Gasteiger partial charge in [0.05, 0.1) is 5.56 Å². The second kappa shape index (κ2) is 6.06. The third-order valence-corrected chi connectivity index (χ3v) is 2.02. The second-order valence-corrected chi connectivity index (χ2v) is 4.52. The van der Waals surface area contributed by atoms with Crippen LogP contribution in [0.2, 0.25) is 0 Å². The van der Waals surface area contributed by atoms with Crippen LogP contribution in [-0.4, -0.2) is 0 Å². The number of terminal acetylenes is 1. The van der Waals surface area contributed by atoms with Crippen LogP contribution in [-0.2, 0) is 0 Å². The summed E-state index contributed by atoms with van der Waals surface area (Å²) in [5, 5.41) is 1.77. The summed E-state index contributed by atoms with van der Waals surface area (Å²) in [5.74, 6) is 2.86. The van der Waals surface area contributed by atoms with Crippen molar-refractivity contribution in [3.05, 3.63) is 47.8 Å². The molecule has 0 radical (unpaired) electrons. The molecule has 0 bridgehead atoms. The molecule has 0 aromatic heterocycles. The van der Waals surface area contributed by atoms with Crippen LogP contribution in [0, 0.1) is 24.1 Å². The van der Waals surface area contributed by atoms with Crippen molar-refractivity contribution in [2.45, 2.75) is 20.8 Å². The average molecular weight is 228 g/mol. The first-order valence-electron chi connectivity index (χ1n) is 5.70. The lowest BCUT2D eigenvalue weighted by molar-refractivity contribution is 0.626. The molecule has 0 aliphatic rings. The maximum absolute atomic E-state index is 13.2. The number of hydrogen-bond donors (Lipinski definition) is 0. The van der Waals surface area contributed by atoms with E-state index in [1.54, 1.807) is 6.07 Å². The molecular formula is C16H17F. The maximum Gasteiger partial charge on any atom is 0.139 e. The Morgan fingerprint density at radius 2 is 1.65 bits per heavy atom. The number of rotatable bonds is 0. The molecule has 88 valence electrons. The summed E-state index contributed by atoms with van der Waals surface area (Å²) in [4.78, 5) is 0. The Kier molecular flexibility index (Phi) is 4.72. The van der Waals surface area contributed by atoms with Crippen molar-refractivity contribution in [2.24, 2.45) is 5.92 Å². The van der Waals surface area contributed by atoms with Crippen LogP contribution >= 0.6 is 0 Å². The first-order chi connectivity index (χ1) is 8.06. The van der Waals surface area contributed by atoms with Crippen molar-refractivity contribution in [3.8, 4) is 12.3 Å². The van der Waals surface area contributed by atoms with E-state index in [1.165, 1.54) is 6.07 Å². The Balaban J connectivity index is 0.000000317. The van der Waals surface area contributed by atoms with Gasteiger partial charge in [-0.2, -0.15) is 0 Å². The van der Waals surface area contributed by atoms with Gasteiger partial charge >= 0.3 is 0 Å². The van der Waals surface area contributed by atoms with Crippen molar-refractivity contribution in [3.63, 3.8) is 0 Å². The summed E-state index contributed by atoms with van der Waals surface area (Å²) in [6.07, 6.45) is 5.23. The average Bonchev–Trinajstić information content (AvgIpc) is 2.28. The molecule has 0 N–H and O–H groups in total. The van der Waals surface area contributed by atoms with E-state index in [4.69, 9.17) is 6.42 Å². The highest BCUT2D eigenvalue weighted by molar-refractivity contribution is 5.88. The number of hydrogen-bond acceptors (Lipinski definition) is 0. The number of fused-ring (bicyclic) bond motifs is 1. The predicted octanol–water partition coefficient (Wildman–Crippen LogP) is 4.62. The first-order valence-corrected chi connectivity index (χ1v) is 5.70. The largest absolute Gasteiger partial charge is 0.206 e. The molecule has 0 spiro atoms. The predicted molar refractivity (Wildman–Crippen MR) is 72.4 cm³/mol. The van der Waals surface area contributed by atoms with E-state index < -0.39 is 0 Å². The minimum Gasteiger partial charge on any atom is -0.206 e. The van der Waals surface area contributed by atoms with Gasteiger partial charge in [0.2, 0.25) is 0 Å². The van der Waals surface area contributed by atoms with Crippen molar-refractivity contribution in [1.82, 2.24) is 0 Å². The van der Waals surface area contributed by atoms with E-state index in [0.29, 0.717) is 5.56 Å². The third kappa shape index (κ3) is 3.60. The molecule has 2 rings (SSSR count). The van der Waals surface area contributed by atoms with Gasteiger partial charge in [-0.15, -0.1) is 6.42 Å². The highest BCUT2D eigenvalue weighted by atomic mass is 19.1. The molecule has 0 nitrogen and oxygen atoms in total. The van der Waals surface area contributed by atoms with Gasteiger partial charge in [-0.3, -0.25) is 0 Å². The lowest BCUT2D eigenvalue weighted by Crippen LogP contribution is -1.85. The van der Waals surface area contributed by atoms with Gasteiger partial charge in [-0.05, 0) is 17.4 Å². The molecule has 1 heteroatoms. The van der Waals surface area contributed by atoms with E-state index >= 15 is 0 Å². The van der Waals surface area contributed by atoms with Gasteiger partial charge in [-0.25, -0.2) is 4.39 Å². The lowest BCUT2D eigenvalue weighted by Gasteiger charge is -2.00. The van der Waals surface area contributed by atoms with Crippen molar-refractivity contribution in [1.29, 1.82) is 0 Å². The summed E-state index contributed by atoms with van der Waals surface area (Å²) in [7, 11) is 0. The number of benzene rings is 2. The lowest BCUT2D eigenvalue weighted by atomic mass is 10.0. The maximum atomic E-state index is 13.2. The molecule has 0 aliphatic heterocycles. The fraction of sp³-hybridized carbons (Fsp3) is 0.250. The zero-order valence-electron chi connectivity index (χ0n) is 10.5. The molecule has 17 heavy (non-hydrogen) atoms. The van der Waals surface area contributed by atoms with Crippen molar-refractivity contribution < 1.29 is 4.39 Å². The van der Waals surface area contributed by atoms with E-state index in [2.05, 4.69) is 26.7 Å². The van der Waals surface area contributed by atoms with Crippen LogP contribution in [0.1, 0.15) is 26.3 Å². The van der Waals surface area contributed by atoms with Crippen LogP contribution in [0.3, 0.4) is 0 Å². The standard InChI is InChI=1S/C12H7F.C4H10/c1-2-10-11-6-4-3-5-9(11)7-8-12(10)13;1-4(2)3/h1,3-8H;4H,1-3H3. The summed E-state index contributed by atoms with van der Waals surface area (Å²) >= 11 is 0. The van der Waals surface area contributed by atoms with Crippen LogP contribution in [0.4, 0.5) is 4.39 Å². The molecule has 0 unspecified atom stereocenters. The van der Waals surface area contributed by atoms with Gasteiger partial charge in [-0.1, -0.05) is 57.0 Å². The smallest absolute Gasteiger partial charge is 0.139 e. The first kappa shape index (κ1) is 13.3. The van der Waals surface area contributed by atoms with E-state index in [1.807, 2.05) is 24.3 Å². The number of halogens is 1. The Hall–Kier alpha value is -1.81. The van der Waals surface area contributed by atoms with Crippen LogP contribution in [0.5, 0.6) is 0 Å². The second-order valence-electron chi connectivity index (χ2n) is 4.52. The zero-order valence-corrected chi connectivity index (χ0v) is 10.5. The zero-order chi connectivity index (χ0) is 12.8. The van der Waals surface area contributed by atoms with Gasteiger partial charge in [0.15, 0.2) is 0 Å². The van der Waals surface area contributed by atoms with Crippen molar-refractivity contribution >= 4 is 10.8 Å². The molecule has 0 fully saturated rings. The van der Waals surface area contributed by atoms with E-state index in [-0.39, 0.29) is 5.82 Å². The molecule has 0 saturated heterocycles. The Morgan fingerprint density at radius 3 is 2.24 bits per heavy atom. The van der Waals surface area contributed by atoms with E-state index in [0.717, 1.165) is 16.7 Å². The van der Waals surface area contributed by atoms with Crippen LogP contribution < -0.4 is 0 Å². The normalized spacial score (nSPS) is 9.65. The molecule has 2 aromatic carbocycles. The minimum absolute atomic E-state index is 0.332. The van der Waals surface area contributed by atoms with Crippen LogP contribution in [0.15, 0.2) is 36.4 Å². The topological polar surface area (TPSA) is 0 Å². The van der Waals surface area contributed by atoms with Gasteiger partial charge < -0.3 is 0 Å². The molecule has 0 amide bonds. The Bertz CT molecular complexity index is 530. The fourth-order valence-corrected chi connectivity index (χ4v) is 1.39. The fourth-order valence-electron chi connectivity index (χ4n) is 1.39. The van der Waals surface area contributed by atoms with Gasteiger partial charge in [0.25, 0.3) is 0 Å². The molecule has 0 aliphatic carbocycles. The summed E-state index contributed by atoms with van der Waals surface area (Å²) in [6, 6.07) is 10.6. The summed E-state index contributed by atoms with van der Waals surface area (Å²) in [6.45, 7) is 6.50. The molecule has 0 heterocycles. The molecule has 0 atom stereocenters. The monoisotopic (exact) mass is 228 g/mol. The quantitative estimate of drug-likeness (QED) is 0.577. The Labute approximate surface area is 102 Å². The molecule has 0 saturated carbocycles. The van der Waals surface area contributed by atoms with Crippen LogP contribution in [0.25, 0.3) is 10.8 Å². The minimum atomic E-state index is -0.332. The molecule has 2 aromatic rings. The Morgan fingerprint density at radius 1 is 1.06 bits per heavy atom. The third-order valence-electron chi connectivity index (χ3n) is 2.02. The summed E-state index contributed by atoms with van der Waals surface area (Å²) < 4.78 is 13.2. The van der Waals surface area contributed by atoms with Crippen molar-refractivity contribution in [2.75, 3.05) is 0 Å². The van der Waals surface area contributed by atoms with Gasteiger partial charge in [0, 0.05) is 5.39 Å². The van der Waals surface area contributed by atoms with Gasteiger partial charge in [0.1, 0.15) is 5.82 Å².